The van der Waals surface area contributed by atoms with Gasteiger partial charge >= 0.3 is 0 Å². The summed E-state index contributed by atoms with van der Waals surface area (Å²) in [5.41, 5.74) is 0.111. The summed E-state index contributed by atoms with van der Waals surface area (Å²) in [6, 6.07) is 3.31. The molecule has 1 aromatic rings. The third kappa shape index (κ3) is 2.72. The Labute approximate surface area is 107 Å². The summed E-state index contributed by atoms with van der Waals surface area (Å²) in [6.07, 6.45) is 4.32. The fourth-order valence-corrected chi connectivity index (χ4v) is 3.13. The molecule has 0 amide bonds. The third-order valence-electron chi connectivity index (χ3n) is 4.17. The molecule has 1 aliphatic rings. The van der Waals surface area contributed by atoms with Gasteiger partial charge < -0.3 is 5.11 Å². The van der Waals surface area contributed by atoms with E-state index < -0.39 is 17.7 Å². The van der Waals surface area contributed by atoms with Crippen LogP contribution in [-0.4, -0.2) is 5.11 Å². The average molecular weight is 254 g/mol. The number of halogens is 2. The summed E-state index contributed by atoms with van der Waals surface area (Å²) in [6.45, 7) is 2.09. The Morgan fingerprint density at radius 2 is 2.00 bits per heavy atom. The number of aliphatic hydroxyl groups excluding tert-OH is 1. The lowest BCUT2D eigenvalue weighted by Crippen LogP contribution is -2.26. The standard InChI is InChI=1S/C15H20F2O/c1-2-10-5-3-4-6-12(10)15(18)13-9-11(16)7-8-14(13)17/h7-10,12,15,18H,2-6H2,1H3. The molecule has 3 heteroatoms. The lowest BCUT2D eigenvalue weighted by Gasteiger charge is -2.34. The molecule has 1 N–H and O–H groups in total. The van der Waals surface area contributed by atoms with Gasteiger partial charge in [-0.2, -0.15) is 0 Å². The van der Waals surface area contributed by atoms with E-state index in [1.807, 2.05) is 0 Å². The number of aliphatic hydroxyl groups is 1. The highest BCUT2D eigenvalue weighted by molar-refractivity contribution is 5.22. The Morgan fingerprint density at radius 3 is 2.72 bits per heavy atom. The van der Waals surface area contributed by atoms with E-state index in [1.54, 1.807) is 0 Å². The Hall–Kier alpha value is -0.960. The first-order valence-electron chi connectivity index (χ1n) is 6.76. The average Bonchev–Trinajstić information content (AvgIpc) is 2.40. The van der Waals surface area contributed by atoms with Crippen molar-refractivity contribution in [3.05, 3.63) is 35.4 Å². The van der Waals surface area contributed by atoms with Crippen molar-refractivity contribution in [3.8, 4) is 0 Å². The van der Waals surface area contributed by atoms with Crippen molar-refractivity contribution in [2.75, 3.05) is 0 Å². The Bertz CT molecular complexity index is 405. The summed E-state index contributed by atoms with van der Waals surface area (Å²) in [5, 5.41) is 10.3. The minimum atomic E-state index is -0.883. The van der Waals surface area contributed by atoms with Crippen LogP contribution in [0.5, 0.6) is 0 Å². The van der Waals surface area contributed by atoms with Crippen LogP contribution in [0.1, 0.15) is 50.7 Å². The van der Waals surface area contributed by atoms with Gasteiger partial charge in [-0.1, -0.05) is 32.6 Å². The van der Waals surface area contributed by atoms with Crippen LogP contribution >= 0.6 is 0 Å². The fourth-order valence-electron chi connectivity index (χ4n) is 3.13. The van der Waals surface area contributed by atoms with Gasteiger partial charge in [-0.3, -0.25) is 0 Å². The SMILES string of the molecule is CCC1CCCCC1C(O)c1cc(F)ccc1F. The van der Waals surface area contributed by atoms with Crippen LogP contribution in [0.4, 0.5) is 8.78 Å². The second kappa shape index (κ2) is 5.79. The van der Waals surface area contributed by atoms with Crippen LogP contribution in [-0.2, 0) is 0 Å². The number of hydrogen-bond donors (Lipinski definition) is 1. The van der Waals surface area contributed by atoms with Crippen LogP contribution in [0.3, 0.4) is 0 Å². The molecular weight excluding hydrogens is 234 g/mol. The van der Waals surface area contributed by atoms with Crippen LogP contribution in [0.25, 0.3) is 0 Å². The molecule has 1 saturated carbocycles. The van der Waals surface area contributed by atoms with Gasteiger partial charge in [-0.15, -0.1) is 0 Å². The highest BCUT2D eigenvalue weighted by Crippen LogP contribution is 2.40. The maximum atomic E-state index is 13.7. The van der Waals surface area contributed by atoms with Crippen molar-refractivity contribution in [3.63, 3.8) is 0 Å². The fraction of sp³-hybridized carbons (Fsp3) is 0.600. The van der Waals surface area contributed by atoms with Gasteiger partial charge in [0.05, 0.1) is 6.10 Å². The topological polar surface area (TPSA) is 20.2 Å². The smallest absolute Gasteiger partial charge is 0.129 e. The molecular formula is C15H20F2O. The van der Waals surface area contributed by atoms with Crippen molar-refractivity contribution in [2.45, 2.75) is 45.1 Å². The molecule has 18 heavy (non-hydrogen) atoms. The quantitative estimate of drug-likeness (QED) is 0.856. The molecule has 1 fully saturated rings. The van der Waals surface area contributed by atoms with Gasteiger partial charge in [0.25, 0.3) is 0 Å². The summed E-state index contributed by atoms with van der Waals surface area (Å²) >= 11 is 0. The van der Waals surface area contributed by atoms with Crippen molar-refractivity contribution in [1.29, 1.82) is 0 Å². The molecule has 0 heterocycles. The third-order valence-corrected chi connectivity index (χ3v) is 4.17. The molecule has 0 aromatic heterocycles. The summed E-state index contributed by atoms with van der Waals surface area (Å²) < 4.78 is 26.9. The maximum Gasteiger partial charge on any atom is 0.129 e. The first kappa shape index (κ1) is 13.5. The van der Waals surface area contributed by atoms with Crippen molar-refractivity contribution < 1.29 is 13.9 Å². The monoisotopic (exact) mass is 254 g/mol. The first-order chi connectivity index (χ1) is 8.63. The molecule has 1 aromatic carbocycles. The van der Waals surface area contributed by atoms with Gasteiger partial charge in [-0.05, 0) is 36.5 Å². The zero-order valence-electron chi connectivity index (χ0n) is 10.7. The Kier molecular flexibility index (Phi) is 4.33. The van der Waals surface area contributed by atoms with E-state index in [9.17, 15) is 13.9 Å². The van der Waals surface area contributed by atoms with E-state index in [4.69, 9.17) is 0 Å². The van der Waals surface area contributed by atoms with E-state index in [0.29, 0.717) is 5.92 Å². The van der Waals surface area contributed by atoms with Gasteiger partial charge in [0.15, 0.2) is 0 Å². The minimum absolute atomic E-state index is 0.0556. The lowest BCUT2D eigenvalue weighted by atomic mass is 9.73. The first-order valence-corrected chi connectivity index (χ1v) is 6.76. The van der Waals surface area contributed by atoms with E-state index in [-0.39, 0.29) is 11.5 Å². The van der Waals surface area contributed by atoms with E-state index in [0.717, 1.165) is 43.9 Å². The Balaban J connectivity index is 2.23. The highest BCUT2D eigenvalue weighted by atomic mass is 19.1. The minimum Gasteiger partial charge on any atom is -0.388 e. The molecule has 2 rings (SSSR count). The summed E-state index contributed by atoms with van der Waals surface area (Å²) in [7, 11) is 0. The second-order valence-corrected chi connectivity index (χ2v) is 5.23. The largest absolute Gasteiger partial charge is 0.388 e. The van der Waals surface area contributed by atoms with Crippen molar-refractivity contribution in [1.82, 2.24) is 0 Å². The molecule has 3 atom stereocenters. The zero-order valence-corrected chi connectivity index (χ0v) is 10.7. The summed E-state index contributed by atoms with van der Waals surface area (Å²) in [4.78, 5) is 0. The lowest BCUT2D eigenvalue weighted by molar-refractivity contribution is 0.0425. The second-order valence-electron chi connectivity index (χ2n) is 5.23. The van der Waals surface area contributed by atoms with Gasteiger partial charge in [-0.25, -0.2) is 8.78 Å². The van der Waals surface area contributed by atoms with Crippen molar-refractivity contribution in [2.24, 2.45) is 11.8 Å². The zero-order chi connectivity index (χ0) is 13.1. The van der Waals surface area contributed by atoms with Crippen LogP contribution in [0.2, 0.25) is 0 Å². The number of benzene rings is 1. The number of rotatable bonds is 3. The number of hydrogen-bond acceptors (Lipinski definition) is 1. The normalized spacial score (nSPS) is 26.0. The molecule has 100 valence electrons. The Morgan fingerprint density at radius 1 is 1.28 bits per heavy atom. The van der Waals surface area contributed by atoms with Crippen LogP contribution < -0.4 is 0 Å². The van der Waals surface area contributed by atoms with Gasteiger partial charge in [0, 0.05) is 5.56 Å². The van der Waals surface area contributed by atoms with Crippen LogP contribution in [0.15, 0.2) is 18.2 Å². The molecule has 0 bridgehead atoms. The molecule has 0 aliphatic heterocycles. The van der Waals surface area contributed by atoms with E-state index >= 15 is 0 Å². The predicted octanol–water partition coefficient (Wildman–Crippen LogP) is 4.21. The maximum absolute atomic E-state index is 13.7. The summed E-state index contributed by atoms with van der Waals surface area (Å²) in [5.74, 6) is -0.532. The molecule has 0 radical (unpaired) electrons. The highest BCUT2D eigenvalue weighted by Gasteiger charge is 2.31. The van der Waals surface area contributed by atoms with E-state index in [1.165, 1.54) is 6.42 Å². The van der Waals surface area contributed by atoms with Crippen LogP contribution in [0, 0.1) is 23.5 Å². The molecule has 0 saturated heterocycles. The van der Waals surface area contributed by atoms with Gasteiger partial charge in [0.1, 0.15) is 11.6 Å². The molecule has 1 aliphatic carbocycles. The predicted molar refractivity (Wildman–Crippen MR) is 67.1 cm³/mol. The molecule has 3 unspecified atom stereocenters. The van der Waals surface area contributed by atoms with Gasteiger partial charge in [0.2, 0.25) is 0 Å². The molecule has 0 spiro atoms. The van der Waals surface area contributed by atoms with Crippen molar-refractivity contribution >= 4 is 0 Å². The van der Waals surface area contributed by atoms with E-state index in [2.05, 4.69) is 6.92 Å². The molecule has 1 nitrogen and oxygen atoms in total.